The summed E-state index contributed by atoms with van der Waals surface area (Å²) in [5, 5.41) is 0. The molecule has 0 saturated heterocycles. The normalized spacial score (nSPS) is 15.6. The third-order valence-electron chi connectivity index (χ3n) is 8.98. The van der Waals surface area contributed by atoms with Crippen molar-refractivity contribution in [3.8, 4) is 0 Å². The molecule has 0 aliphatic carbocycles. The predicted octanol–water partition coefficient (Wildman–Crippen LogP) is 12.4. The van der Waals surface area contributed by atoms with Crippen LogP contribution in [0.15, 0.2) is 69.5 Å². The lowest BCUT2D eigenvalue weighted by molar-refractivity contribution is -0.140. The molecule has 0 fully saturated rings. The minimum absolute atomic E-state index is 0.205. The number of cyclic esters (lactones) is 1. The first-order valence-corrected chi connectivity index (χ1v) is 18.5. The van der Waals surface area contributed by atoms with E-state index in [-0.39, 0.29) is 11.9 Å². The molecule has 46 heavy (non-hydrogen) atoms. The number of unbranched alkanes of at least 4 members (excludes halogenated alkanes) is 12. The number of hydrogen-bond acceptors (Lipinski definition) is 5. The van der Waals surface area contributed by atoms with E-state index in [4.69, 9.17) is 13.9 Å². The summed E-state index contributed by atoms with van der Waals surface area (Å²) in [6.45, 7) is 10.5. The highest BCUT2D eigenvalue weighted by Crippen LogP contribution is 2.30. The maximum Gasteiger partial charge on any atom is 0.343 e. The Labute approximate surface area is 281 Å². The van der Waals surface area contributed by atoms with Gasteiger partial charge in [-0.25, -0.2) is 4.79 Å². The van der Waals surface area contributed by atoms with E-state index in [2.05, 4.69) is 39.8 Å². The molecule has 0 saturated carbocycles. The third-order valence-corrected chi connectivity index (χ3v) is 8.98. The molecular formula is C41H64O5. The van der Waals surface area contributed by atoms with Gasteiger partial charge >= 0.3 is 11.9 Å². The van der Waals surface area contributed by atoms with E-state index in [9.17, 15) is 9.59 Å². The van der Waals surface area contributed by atoms with E-state index in [1.54, 1.807) is 13.2 Å². The van der Waals surface area contributed by atoms with Gasteiger partial charge in [0.15, 0.2) is 11.5 Å². The second-order valence-corrected chi connectivity index (χ2v) is 13.5. The highest BCUT2D eigenvalue weighted by atomic mass is 16.6. The fourth-order valence-electron chi connectivity index (χ4n) is 5.90. The van der Waals surface area contributed by atoms with Gasteiger partial charge < -0.3 is 13.9 Å². The van der Waals surface area contributed by atoms with Crippen molar-refractivity contribution in [2.45, 2.75) is 169 Å². The summed E-state index contributed by atoms with van der Waals surface area (Å²) in [7, 11) is 0. The van der Waals surface area contributed by atoms with Gasteiger partial charge in [0.2, 0.25) is 0 Å². The van der Waals surface area contributed by atoms with Gasteiger partial charge in [-0.2, -0.15) is 0 Å². The van der Waals surface area contributed by atoms with Gasteiger partial charge in [0, 0.05) is 6.42 Å². The number of furan rings is 1. The molecule has 5 heteroatoms. The molecular weight excluding hydrogens is 572 g/mol. The van der Waals surface area contributed by atoms with Crippen LogP contribution >= 0.6 is 0 Å². The SMILES string of the molecule is CCCCCCCCCCCCCCCC(=O)OC1=C(C)C(=O)O/C1=C\[C@H](C)CCC/C(C)=C/CC/C(C)=C/CCc1ccoc1. The quantitative estimate of drug-likeness (QED) is 0.0575. The molecule has 1 aromatic heterocycles. The van der Waals surface area contributed by atoms with Crippen molar-refractivity contribution in [3.63, 3.8) is 0 Å². The summed E-state index contributed by atoms with van der Waals surface area (Å²) in [5.41, 5.74) is 4.47. The summed E-state index contributed by atoms with van der Waals surface area (Å²) >= 11 is 0. The molecule has 1 aliphatic rings. The highest BCUT2D eigenvalue weighted by molar-refractivity contribution is 5.94. The molecule has 0 spiro atoms. The first-order chi connectivity index (χ1) is 22.3. The number of hydrogen-bond donors (Lipinski definition) is 0. The van der Waals surface area contributed by atoms with Crippen molar-refractivity contribution in [1.29, 1.82) is 0 Å². The summed E-state index contributed by atoms with van der Waals surface area (Å²) < 4.78 is 16.3. The Morgan fingerprint density at radius 1 is 0.826 bits per heavy atom. The van der Waals surface area contributed by atoms with Crippen LogP contribution in [-0.4, -0.2) is 11.9 Å². The van der Waals surface area contributed by atoms with E-state index < -0.39 is 5.97 Å². The zero-order valence-electron chi connectivity index (χ0n) is 29.9. The molecule has 0 bridgehead atoms. The minimum Gasteiger partial charge on any atom is -0.472 e. The molecule has 1 atom stereocenters. The zero-order chi connectivity index (χ0) is 33.4. The van der Waals surface area contributed by atoms with Gasteiger partial charge in [-0.15, -0.1) is 0 Å². The maximum atomic E-state index is 12.6. The van der Waals surface area contributed by atoms with Crippen molar-refractivity contribution in [1.82, 2.24) is 0 Å². The number of rotatable bonds is 26. The Kier molecular flexibility index (Phi) is 20.8. The molecule has 2 heterocycles. The van der Waals surface area contributed by atoms with Crippen LogP contribution in [0.4, 0.5) is 0 Å². The monoisotopic (exact) mass is 636 g/mol. The smallest absolute Gasteiger partial charge is 0.343 e. The van der Waals surface area contributed by atoms with Gasteiger partial charge in [0.05, 0.1) is 18.1 Å². The van der Waals surface area contributed by atoms with Crippen molar-refractivity contribution >= 4 is 11.9 Å². The van der Waals surface area contributed by atoms with Crippen LogP contribution in [-0.2, 0) is 25.5 Å². The van der Waals surface area contributed by atoms with Crippen LogP contribution in [0.5, 0.6) is 0 Å². The Hall–Kier alpha value is -2.82. The van der Waals surface area contributed by atoms with Gasteiger partial charge in [-0.3, -0.25) is 4.79 Å². The summed E-state index contributed by atoms with van der Waals surface area (Å²) in [4.78, 5) is 24.9. The predicted molar refractivity (Wildman–Crippen MR) is 190 cm³/mol. The van der Waals surface area contributed by atoms with Crippen LogP contribution in [0.25, 0.3) is 0 Å². The van der Waals surface area contributed by atoms with Crippen LogP contribution in [0, 0.1) is 5.92 Å². The van der Waals surface area contributed by atoms with Crippen molar-refractivity contribution in [2.75, 3.05) is 0 Å². The number of carbonyl (C=O) groups is 2. The number of ether oxygens (including phenoxy) is 2. The summed E-state index contributed by atoms with van der Waals surface area (Å²) in [5.74, 6) is 0.207. The largest absolute Gasteiger partial charge is 0.472 e. The molecule has 1 aliphatic heterocycles. The molecule has 0 N–H and O–H groups in total. The van der Waals surface area contributed by atoms with E-state index >= 15 is 0 Å². The third kappa shape index (κ3) is 17.8. The fourth-order valence-corrected chi connectivity index (χ4v) is 5.90. The highest BCUT2D eigenvalue weighted by Gasteiger charge is 2.30. The van der Waals surface area contributed by atoms with Crippen LogP contribution < -0.4 is 0 Å². The lowest BCUT2D eigenvalue weighted by Gasteiger charge is -2.11. The molecule has 258 valence electrons. The minimum atomic E-state index is -0.424. The van der Waals surface area contributed by atoms with E-state index in [0.717, 1.165) is 64.2 Å². The molecule has 0 amide bonds. The summed E-state index contributed by atoms with van der Waals surface area (Å²) in [6, 6.07) is 2.03. The fraction of sp³-hybridized carbons (Fsp3) is 0.659. The van der Waals surface area contributed by atoms with Crippen LogP contribution in [0.3, 0.4) is 0 Å². The first-order valence-electron chi connectivity index (χ1n) is 18.5. The Morgan fingerprint density at radius 2 is 1.43 bits per heavy atom. The Bertz CT molecular complexity index is 1120. The van der Waals surface area contributed by atoms with Crippen molar-refractivity contribution in [3.05, 3.63) is 70.6 Å². The average Bonchev–Trinajstić information content (AvgIpc) is 3.63. The zero-order valence-corrected chi connectivity index (χ0v) is 29.9. The van der Waals surface area contributed by atoms with Gasteiger partial charge in [-0.05, 0) is 95.8 Å². The van der Waals surface area contributed by atoms with Crippen LogP contribution in [0.1, 0.15) is 169 Å². The van der Waals surface area contributed by atoms with Crippen molar-refractivity contribution in [2.24, 2.45) is 5.92 Å². The molecule has 0 unspecified atom stereocenters. The van der Waals surface area contributed by atoms with Gasteiger partial charge in [-0.1, -0.05) is 114 Å². The molecule has 0 aromatic carbocycles. The van der Waals surface area contributed by atoms with Crippen molar-refractivity contribution < 1.29 is 23.5 Å². The second kappa shape index (κ2) is 24.4. The molecule has 2 rings (SSSR count). The number of aryl methyl sites for hydroxylation is 1. The number of carbonyl (C=O) groups excluding carboxylic acids is 2. The van der Waals surface area contributed by atoms with E-state index in [0.29, 0.717) is 23.5 Å². The lowest BCUT2D eigenvalue weighted by atomic mass is 9.99. The van der Waals surface area contributed by atoms with E-state index in [1.807, 2.05) is 18.4 Å². The molecule has 0 radical (unpaired) electrons. The Balaban J connectivity index is 1.60. The number of esters is 2. The molecule has 5 nitrogen and oxygen atoms in total. The second-order valence-electron chi connectivity index (χ2n) is 13.5. The number of allylic oxidation sites excluding steroid dienone is 5. The van der Waals surface area contributed by atoms with Crippen LogP contribution in [0.2, 0.25) is 0 Å². The Morgan fingerprint density at radius 3 is 2.07 bits per heavy atom. The average molecular weight is 637 g/mol. The standard InChI is InChI=1S/C41H64O5/c1-6-7-8-9-10-11-12-13-14-15-16-17-18-28-39(42)46-40-36(5)41(43)45-38(40)31-35(4)26-20-24-33(2)22-19-23-34(3)25-21-27-37-29-30-44-32-37/h22,25,29-32,35H,6-21,23-24,26-28H2,1-5H3/b33-22+,34-25+,38-31-/t35-/m1/s1. The summed E-state index contributed by atoms with van der Waals surface area (Å²) in [6.07, 6.45) is 34.3. The lowest BCUT2D eigenvalue weighted by Crippen LogP contribution is -2.06. The maximum absolute atomic E-state index is 12.6. The van der Waals surface area contributed by atoms with Gasteiger partial charge in [0.25, 0.3) is 0 Å². The van der Waals surface area contributed by atoms with Gasteiger partial charge in [0.1, 0.15) is 0 Å². The topological polar surface area (TPSA) is 65.7 Å². The first kappa shape index (κ1) is 39.4. The van der Waals surface area contributed by atoms with E-state index in [1.165, 1.54) is 80.9 Å². The molecule has 1 aromatic rings.